The van der Waals surface area contributed by atoms with E-state index < -0.39 is 12.1 Å². The van der Waals surface area contributed by atoms with Crippen LogP contribution in [0.3, 0.4) is 0 Å². The number of phenolic OH excluding ortho intramolecular Hbond substituents is 1. The van der Waals surface area contributed by atoms with E-state index in [1.807, 2.05) is 6.07 Å². The Labute approximate surface area is 148 Å². The first-order valence-corrected chi connectivity index (χ1v) is 9.06. The van der Waals surface area contributed by atoms with E-state index in [0.717, 1.165) is 17.5 Å². The van der Waals surface area contributed by atoms with Crippen molar-refractivity contribution in [3.63, 3.8) is 0 Å². The zero-order chi connectivity index (χ0) is 18.9. The first-order valence-electron chi connectivity index (χ1n) is 9.06. The molecule has 0 aromatic heterocycles. The van der Waals surface area contributed by atoms with Crippen molar-refractivity contribution in [1.29, 1.82) is 0 Å². The summed E-state index contributed by atoms with van der Waals surface area (Å²) in [7, 11) is 0. The standard InChI is InChI=1S/C21H37NO2/c1-13(2)9-10-17(23)18(22)15-11-14(20(3,4)5)12-16(19(15)24)21(6,7)8/h11-13,17-18,23-24H,9-10,22H2,1-8H3/t17-,18+/m1/s1. The van der Waals surface area contributed by atoms with Gasteiger partial charge < -0.3 is 15.9 Å². The molecular formula is C21H37NO2. The van der Waals surface area contributed by atoms with Crippen LogP contribution in [0.4, 0.5) is 0 Å². The van der Waals surface area contributed by atoms with Crippen molar-refractivity contribution in [2.45, 2.75) is 91.2 Å². The third-order valence-corrected chi connectivity index (χ3v) is 4.63. The topological polar surface area (TPSA) is 66.5 Å². The van der Waals surface area contributed by atoms with Crippen LogP contribution >= 0.6 is 0 Å². The molecule has 1 aromatic rings. The van der Waals surface area contributed by atoms with Gasteiger partial charge in [0.2, 0.25) is 0 Å². The van der Waals surface area contributed by atoms with E-state index in [9.17, 15) is 10.2 Å². The van der Waals surface area contributed by atoms with Crippen LogP contribution in [0.5, 0.6) is 5.75 Å². The highest BCUT2D eigenvalue weighted by Crippen LogP contribution is 2.40. The lowest BCUT2D eigenvalue weighted by Crippen LogP contribution is -2.28. The first kappa shape index (κ1) is 21.0. The molecule has 0 heterocycles. The number of rotatable bonds is 5. The second kappa shape index (κ2) is 7.45. The van der Waals surface area contributed by atoms with Gasteiger partial charge in [-0.15, -0.1) is 0 Å². The molecule has 3 heteroatoms. The largest absolute Gasteiger partial charge is 0.507 e. The van der Waals surface area contributed by atoms with Gasteiger partial charge in [-0.25, -0.2) is 0 Å². The molecule has 0 spiro atoms. The summed E-state index contributed by atoms with van der Waals surface area (Å²) in [5.74, 6) is 0.748. The van der Waals surface area contributed by atoms with Crippen molar-refractivity contribution >= 4 is 0 Å². The SMILES string of the molecule is CC(C)CC[C@@H](O)[C@@H](N)c1cc(C(C)(C)C)cc(C(C)(C)C)c1O. The summed E-state index contributed by atoms with van der Waals surface area (Å²) in [6.07, 6.45) is 0.908. The number of aliphatic hydroxyl groups excluding tert-OH is 1. The van der Waals surface area contributed by atoms with E-state index in [2.05, 4.69) is 61.5 Å². The number of aromatic hydroxyl groups is 1. The minimum absolute atomic E-state index is 0.0505. The maximum absolute atomic E-state index is 10.8. The van der Waals surface area contributed by atoms with Crippen molar-refractivity contribution < 1.29 is 10.2 Å². The summed E-state index contributed by atoms with van der Waals surface area (Å²) in [4.78, 5) is 0. The Bertz CT molecular complexity index is 550. The molecule has 2 atom stereocenters. The Morgan fingerprint density at radius 2 is 1.50 bits per heavy atom. The Morgan fingerprint density at radius 1 is 0.958 bits per heavy atom. The number of nitrogens with two attached hydrogens (primary N) is 1. The lowest BCUT2D eigenvalue weighted by Gasteiger charge is -2.30. The van der Waals surface area contributed by atoms with Crippen molar-refractivity contribution in [3.8, 4) is 5.75 Å². The van der Waals surface area contributed by atoms with E-state index in [0.29, 0.717) is 17.9 Å². The number of aliphatic hydroxyl groups is 1. The molecule has 24 heavy (non-hydrogen) atoms. The predicted molar refractivity (Wildman–Crippen MR) is 103 cm³/mol. The molecule has 0 aliphatic rings. The molecule has 0 bridgehead atoms. The van der Waals surface area contributed by atoms with Crippen LogP contribution in [0.2, 0.25) is 0 Å². The lowest BCUT2D eigenvalue weighted by atomic mass is 9.77. The molecule has 138 valence electrons. The highest BCUT2D eigenvalue weighted by Gasteiger charge is 2.28. The van der Waals surface area contributed by atoms with Gasteiger partial charge in [-0.1, -0.05) is 61.5 Å². The molecule has 4 N–H and O–H groups in total. The number of benzene rings is 1. The quantitative estimate of drug-likeness (QED) is 0.725. The van der Waals surface area contributed by atoms with E-state index >= 15 is 0 Å². The van der Waals surface area contributed by atoms with Gasteiger partial charge in [0.1, 0.15) is 5.75 Å². The molecular weight excluding hydrogens is 298 g/mol. The van der Waals surface area contributed by atoms with Gasteiger partial charge in [-0.3, -0.25) is 0 Å². The Kier molecular flexibility index (Phi) is 6.51. The van der Waals surface area contributed by atoms with E-state index in [1.54, 1.807) is 0 Å². The molecule has 0 radical (unpaired) electrons. The molecule has 1 rings (SSSR count). The predicted octanol–water partition coefficient (Wildman–Crippen LogP) is 4.78. The molecule has 0 aliphatic heterocycles. The van der Waals surface area contributed by atoms with E-state index in [1.165, 1.54) is 0 Å². The number of hydrogen-bond donors (Lipinski definition) is 3. The van der Waals surface area contributed by atoms with Crippen LogP contribution < -0.4 is 5.73 Å². The summed E-state index contributed by atoms with van der Waals surface area (Å²) < 4.78 is 0. The van der Waals surface area contributed by atoms with Gasteiger partial charge in [-0.2, -0.15) is 0 Å². The van der Waals surface area contributed by atoms with Crippen LogP contribution in [-0.4, -0.2) is 16.3 Å². The third kappa shape index (κ3) is 5.22. The van der Waals surface area contributed by atoms with Crippen molar-refractivity contribution in [3.05, 3.63) is 28.8 Å². The monoisotopic (exact) mass is 335 g/mol. The van der Waals surface area contributed by atoms with Gasteiger partial charge >= 0.3 is 0 Å². The van der Waals surface area contributed by atoms with E-state index in [-0.39, 0.29) is 16.6 Å². The minimum atomic E-state index is -0.652. The molecule has 0 unspecified atom stereocenters. The molecule has 0 saturated carbocycles. The van der Waals surface area contributed by atoms with E-state index in [4.69, 9.17) is 5.73 Å². The van der Waals surface area contributed by atoms with Gasteiger partial charge in [-0.05, 0) is 46.8 Å². The minimum Gasteiger partial charge on any atom is -0.507 e. The highest BCUT2D eigenvalue weighted by molar-refractivity contribution is 5.50. The number of hydrogen-bond acceptors (Lipinski definition) is 3. The van der Waals surface area contributed by atoms with Crippen molar-refractivity contribution in [2.24, 2.45) is 11.7 Å². The van der Waals surface area contributed by atoms with Crippen LogP contribution in [0.1, 0.15) is 91.0 Å². The maximum atomic E-state index is 10.8. The molecule has 0 aliphatic carbocycles. The summed E-state index contributed by atoms with van der Waals surface area (Å²) in [6.45, 7) is 17.0. The van der Waals surface area contributed by atoms with Gasteiger partial charge in [0.25, 0.3) is 0 Å². The molecule has 0 saturated heterocycles. The normalized spacial score (nSPS) is 15.6. The van der Waals surface area contributed by atoms with Crippen molar-refractivity contribution in [2.75, 3.05) is 0 Å². The molecule has 3 nitrogen and oxygen atoms in total. The fourth-order valence-electron chi connectivity index (χ4n) is 2.81. The second-order valence-electron chi connectivity index (χ2n) is 9.53. The Balaban J connectivity index is 3.35. The van der Waals surface area contributed by atoms with Gasteiger partial charge in [0.15, 0.2) is 0 Å². The fraction of sp³-hybridized carbons (Fsp3) is 0.714. The van der Waals surface area contributed by atoms with Crippen LogP contribution in [-0.2, 0) is 10.8 Å². The zero-order valence-corrected chi connectivity index (χ0v) is 16.8. The van der Waals surface area contributed by atoms with Gasteiger partial charge in [0.05, 0.1) is 12.1 Å². The first-order chi connectivity index (χ1) is 10.7. The summed E-state index contributed by atoms with van der Waals surface area (Å²) in [6, 6.07) is 3.46. The van der Waals surface area contributed by atoms with Gasteiger partial charge in [0, 0.05) is 5.56 Å². The average molecular weight is 336 g/mol. The van der Waals surface area contributed by atoms with Crippen LogP contribution in [0, 0.1) is 5.92 Å². The lowest BCUT2D eigenvalue weighted by molar-refractivity contribution is 0.127. The zero-order valence-electron chi connectivity index (χ0n) is 16.8. The smallest absolute Gasteiger partial charge is 0.124 e. The maximum Gasteiger partial charge on any atom is 0.124 e. The third-order valence-electron chi connectivity index (χ3n) is 4.63. The second-order valence-corrected chi connectivity index (χ2v) is 9.53. The van der Waals surface area contributed by atoms with Crippen LogP contribution in [0.25, 0.3) is 0 Å². The summed E-state index contributed by atoms with van der Waals surface area (Å²) in [5.41, 5.74) is 8.77. The van der Waals surface area contributed by atoms with Crippen molar-refractivity contribution in [1.82, 2.24) is 0 Å². The summed E-state index contributed by atoms with van der Waals surface area (Å²) >= 11 is 0. The highest BCUT2D eigenvalue weighted by atomic mass is 16.3. The average Bonchev–Trinajstić information content (AvgIpc) is 2.41. The Hall–Kier alpha value is -1.06. The Morgan fingerprint density at radius 3 is 1.92 bits per heavy atom. The number of phenols is 1. The molecule has 0 fully saturated rings. The molecule has 0 amide bonds. The van der Waals surface area contributed by atoms with Crippen LogP contribution in [0.15, 0.2) is 12.1 Å². The fourth-order valence-corrected chi connectivity index (χ4v) is 2.81. The molecule has 1 aromatic carbocycles. The summed E-state index contributed by atoms with van der Waals surface area (Å²) in [5, 5.41) is 21.3.